The number of carbonyl (C=O) groups is 2. The molecule has 4 nitrogen and oxygen atoms in total. The standard InChI is InChI=1S/C15H19NO3/c1-11(17)13-10-16(15(13)19)14(18)9-5-8-12-6-3-2-4-7-12/h2-4,6-7,11,13,17H,5,8-10H2,1H3/t11-,13-/m0/s1. The average Bonchev–Trinajstić information content (AvgIpc) is 2.38. The van der Waals surface area contributed by atoms with Crippen LogP contribution in [0.4, 0.5) is 0 Å². The number of nitrogens with zero attached hydrogens (tertiary/aromatic N) is 1. The Morgan fingerprint density at radius 1 is 1.42 bits per heavy atom. The normalized spacial score (nSPS) is 20.0. The van der Waals surface area contributed by atoms with E-state index in [9.17, 15) is 14.7 Å². The van der Waals surface area contributed by atoms with Crippen molar-refractivity contribution < 1.29 is 14.7 Å². The highest BCUT2D eigenvalue weighted by Gasteiger charge is 2.42. The van der Waals surface area contributed by atoms with Crippen molar-refractivity contribution >= 4 is 11.8 Å². The van der Waals surface area contributed by atoms with Crippen LogP contribution in [0.1, 0.15) is 25.3 Å². The second-order valence-corrected chi connectivity index (χ2v) is 5.03. The van der Waals surface area contributed by atoms with E-state index in [0.29, 0.717) is 13.0 Å². The van der Waals surface area contributed by atoms with Gasteiger partial charge in [-0.15, -0.1) is 0 Å². The lowest BCUT2D eigenvalue weighted by atomic mass is 9.93. The monoisotopic (exact) mass is 261 g/mol. The van der Waals surface area contributed by atoms with Crippen molar-refractivity contribution in [3.05, 3.63) is 35.9 Å². The van der Waals surface area contributed by atoms with E-state index in [2.05, 4.69) is 0 Å². The van der Waals surface area contributed by atoms with Gasteiger partial charge in [0.15, 0.2) is 0 Å². The number of aliphatic hydroxyl groups is 1. The highest BCUT2D eigenvalue weighted by Crippen LogP contribution is 2.22. The highest BCUT2D eigenvalue weighted by atomic mass is 16.3. The van der Waals surface area contributed by atoms with Crippen molar-refractivity contribution in [2.75, 3.05) is 6.54 Å². The number of carbonyl (C=O) groups excluding carboxylic acids is 2. The Hall–Kier alpha value is -1.68. The average molecular weight is 261 g/mol. The molecule has 19 heavy (non-hydrogen) atoms. The summed E-state index contributed by atoms with van der Waals surface area (Å²) in [5, 5.41) is 9.31. The Morgan fingerprint density at radius 2 is 2.11 bits per heavy atom. The second-order valence-electron chi connectivity index (χ2n) is 5.03. The highest BCUT2D eigenvalue weighted by molar-refractivity contribution is 6.01. The van der Waals surface area contributed by atoms with Crippen LogP contribution in [0.5, 0.6) is 0 Å². The number of likely N-dealkylation sites (tertiary alicyclic amines) is 1. The molecule has 1 saturated heterocycles. The molecular formula is C15H19NO3. The molecule has 4 heteroatoms. The molecule has 2 rings (SSSR count). The van der Waals surface area contributed by atoms with Crippen LogP contribution >= 0.6 is 0 Å². The Bertz CT molecular complexity index is 456. The minimum absolute atomic E-state index is 0.127. The third-order valence-corrected chi connectivity index (χ3v) is 3.54. The molecule has 1 aliphatic rings. The van der Waals surface area contributed by atoms with Crippen LogP contribution in [0.15, 0.2) is 30.3 Å². The SMILES string of the molecule is C[C@H](O)[C@@H]1CN(C(=O)CCCc2ccccc2)C1=O. The summed E-state index contributed by atoms with van der Waals surface area (Å²) in [5.41, 5.74) is 1.20. The van der Waals surface area contributed by atoms with Gasteiger partial charge in [0.05, 0.1) is 12.0 Å². The zero-order chi connectivity index (χ0) is 13.8. The van der Waals surface area contributed by atoms with Gasteiger partial charge >= 0.3 is 0 Å². The van der Waals surface area contributed by atoms with Gasteiger partial charge in [-0.25, -0.2) is 0 Å². The molecule has 0 spiro atoms. The molecule has 1 aromatic rings. The fraction of sp³-hybridized carbons (Fsp3) is 0.467. The summed E-state index contributed by atoms with van der Waals surface area (Å²) in [6, 6.07) is 9.97. The topological polar surface area (TPSA) is 57.6 Å². The predicted octanol–water partition coefficient (Wildman–Crippen LogP) is 1.38. The van der Waals surface area contributed by atoms with Gasteiger partial charge in [-0.05, 0) is 25.3 Å². The maximum Gasteiger partial charge on any atom is 0.236 e. The van der Waals surface area contributed by atoms with Gasteiger partial charge in [0.2, 0.25) is 11.8 Å². The number of imide groups is 1. The van der Waals surface area contributed by atoms with Crippen molar-refractivity contribution in [2.24, 2.45) is 5.92 Å². The van der Waals surface area contributed by atoms with Crippen LogP contribution in [0.3, 0.4) is 0 Å². The van der Waals surface area contributed by atoms with Crippen LogP contribution < -0.4 is 0 Å². The maximum atomic E-state index is 11.8. The first-order valence-electron chi connectivity index (χ1n) is 6.66. The number of rotatable bonds is 5. The minimum atomic E-state index is -0.666. The third kappa shape index (κ3) is 3.20. The molecule has 0 aromatic heterocycles. The molecule has 0 unspecified atom stereocenters. The molecular weight excluding hydrogens is 242 g/mol. The zero-order valence-electron chi connectivity index (χ0n) is 11.1. The first kappa shape index (κ1) is 13.7. The van der Waals surface area contributed by atoms with Crippen LogP contribution in [0.25, 0.3) is 0 Å². The fourth-order valence-corrected chi connectivity index (χ4v) is 2.26. The van der Waals surface area contributed by atoms with Gasteiger partial charge in [0, 0.05) is 13.0 Å². The number of aryl methyl sites for hydroxylation is 1. The van der Waals surface area contributed by atoms with Crippen molar-refractivity contribution in [3.63, 3.8) is 0 Å². The quantitative estimate of drug-likeness (QED) is 0.815. The molecule has 1 fully saturated rings. The van der Waals surface area contributed by atoms with E-state index in [1.165, 1.54) is 10.5 Å². The number of aliphatic hydroxyl groups excluding tert-OH is 1. The smallest absolute Gasteiger partial charge is 0.236 e. The summed E-state index contributed by atoms with van der Waals surface area (Å²) >= 11 is 0. The zero-order valence-corrected chi connectivity index (χ0v) is 11.1. The summed E-state index contributed by atoms with van der Waals surface area (Å²) in [5.74, 6) is -0.754. The first-order valence-corrected chi connectivity index (χ1v) is 6.66. The Balaban J connectivity index is 1.73. The fourth-order valence-electron chi connectivity index (χ4n) is 2.26. The third-order valence-electron chi connectivity index (χ3n) is 3.54. The van der Waals surface area contributed by atoms with Crippen molar-refractivity contribution in [1.82, 2.24) is 4.90 Å². The largest absolute Gasteiger partial charge is 0.393 e. The van der Waals surface area contributed by atoms with Gasteiger partial charge in [-0.3, -0.25) is 14.5 Å². The lowest BCUT2D eigenvalue weighted by Crippen LogP contribution is -2.58. The van der Waals surface area contributed by atoms with Gasteiger partial charge in [0.1, 0.15) is 0 Å². The lowest BCUT2D eigenvalue weighted by molar-refractivity contribution is -0.163. The summed E-state index contributed by atoms with van der Waals surface area (Å²) in [6.07, 6.45) is 1.30. The summed E-state index contributed by atoms with van der Waals surface area (Å²) in [7, 11) is 0. The molecule has 2 amide bonds. The van der Waals surface area contributed by atoms with E-state index in [-0.39, 0.29) is 11.8 Å². The molecule has 1 aliphatic heterocycles. The molecule has 0 saturated carbocycles. The van der Waals surface area contributed by atoms with Crippen molar-refractivity contribution in [2.45, 2.75) is 32.3 Å². The van der Waals surface area contributed by atoms with Gasteiger partial charge in [-0.2, -0.15) is 0 Å². The Morgan fingerprint density at radius 3 is 2.68 bits per heavy atom. The van der Waals surface area contributed by atoms with E-state index >= 15 is 0 Å². The van der Waals surface area contributed by atoms with Gasteiger partial charge in [-0.1, -0.05) is 30.3 Å². The summed E-state index contributed by atoms with van der Waals surface area (Å²) in [4.78, 5) is 24.7. The van der Waals surface area contributed by atoms with E-state index in [1.807, 2.05) is 30.3 Å². The number of β-lactam (4-membered cyclic amide) rings is 1. The van der Waals surface area contributed by atoms with E-state index in [1.54, 1.807) is 6.92 Å². The first-order chi connectivity index (χ1) is 9.09. The molecule has 0 aliphatic carbocycles. The van der Waals surface area contributed by atoms with Crippen molar-refractivity contribution in [1.29, 1.82) is 0 Å². The molecule has 1 heterocycles. The maximum absolute atomic E-state index is 11.8. The van der Waals surface area contributed by atoms with Gasteiger partial charge < -0.3 is 5.11 Å². The van der Waals surface area contributed by atoms with E-state index in [0.717, 1.165) is 12.8 Å². The van der Waals surface area contributed by atoms with Gasteiger partial charge in [0.25, 0.3) is 0 Å². The van der Waals surface area contributed by atoms with Crippen molar-refractivity contribution in [3.8, 4) is 0 Å². The summed E-state index contributed by atoms with van der Waals surface area (Å²) < 4.78 is 0. The van der Waals surface area contributed by atoms with Crippen LogP contribution in [0, 0.1) is 5.92 Å². The molecule has 2 atom stereocenters. The molecule has 102 valence electrons. The number of benzene rings is 1. The van der Waals surface area contributed by atoms with Crippen LogP contribution in [-0.2, 0) is 16.0 Å². The molecule has 0 bridgehead atoms. The molecule has 1 N–H and O–H groups in total. The summed E-state index contributed by atoms with van der Waals surface area (Å²) in [6.45, 7) is 1.94. The Labute approximate surface area is 113 Å². The van der Waals surface area contributed by atoms with E-state index < -0.39 is 12.0 Å². The molecule has 0 radical (unpaired) electrons. The Kier molecular flexibility index (Phi) is 4.32. The minimum Gasteiger partial charge on any atom is -0.393 e. The van der Waals surface area contributed by atoms with Crippen LogP contribution in [0.2, 0.25) is 0 Å². The number of amides is 2. The number of hydrogen-bond donors (Lipinski definition) is 1. The van der Waals surface area contributed by atoms with E-state index in [4.69, 9.17) is 0 Å². The van der Waals surface area contributed by atoms with Crippen LogP contribution in [-0.4, -0.2) is 34.5 Å². The lowest BCUT2D eigenvalue weighted by Gasteiger charge is -2.38. The number of hydrogen-bond acceptors (Lipinski definition) is 3. The molecule has 1 aromatic carbocycles. The predicted molar refractivity (Wildman–Crippen MR) is 71.3 cm³/mol. The second kappa shape index (κ2) is 5.97.